The SMILES string of the molecule is CS(=O)(=O)CCCNS(=O)(=O)c1ccc(N)cc1[N+](=O)[O-]. The second-order valence-corrected chi connectivity index (χ2v) is 8.36. The first kappa shape index (κ1) is 17.3. The summed E-state index contributed by atoms with van der Waals surface area (Å²) < 4.78 is 48.0. The van der Waals surface area contributed by atoms with Crippen molar-refractivity contribution < 1.29 is 21.8 Å². The number of nitrogens with two attached hydrogens (primary N) is 1. The van der Waals surface area contributed by atoms with Crippen LogP contribution in [0.5, 0.6) is 0 Å². The van der Waals surface area contributed by atoms with Gasteiger partial charge in [-0.15, -0.1) is 0 Å². The number of nitrogens with one attached hydrogen (secondary N) is 1. The molecule has 0 aromatic heterocycles. The van der Waals surface area contributed by atoms with Crippen molar-refractivity contribution in [1.82, 2.24) is 4.72 Å². The smallest absolute Gasteiger partial charge is 0.291 e. The molecule has 0 spiro atoms. The molecule has 0 unspecified atom stereocenters. The Morgan fingerprint density at radius 1 is 1.29 bits per heavy atom. The first-order valence-electron chi connectivity index (χ1n) is 5.74. The highest BCUT2D eigenvalue weighted by Crippen LogP contribution is 2.25. The second-order valence-electron chi connectivity index (χ2n) is 4.37. The third-order valence-electron chi connectivity index (χ3n) is 2.45. The van der Waals surface area contributed by atoms with E-state index in [1.54, 1.807) is 0 Å². The molecule has 0 amide bonds. The highest BCUT2D eigenvalue weighted by molar-refractivity contribution is 7.90. The minimum absolute atomic E-state index is 0.0673. The maximum atomic E-state index is 12.0. The van der Waals surface area contributed by atoms with E-state index in [1.807, 2.05) is 0 Å². The summed E-state index contributed by atoms with van der Waals surface area (Å²) in [5, 5.41) is 10.9. The van der Waals surface area contributed by atoms with Crippen molar-refractivity contribution in [2.24, 2.45) is 0 Å². The quantitative estimate of drug-likeness (QED) is 0.305. The number of benzene rings is 1. The van der Waals surface area contributed by atoms with E-state index < -0.39 is 35.4 Å². The third-order valence-corrected chi connectivity index (χ3v) is 4.99. The standard InChI is InChI=1S/C10H15N3O6S2/c1-20(16,17)6-2-5-12-21(18,19)10-4-3-8(11)7-9(10)13(14)15/h3-4,7,12H,2,5-6,11H2,1H3. The number of nitro benzene ring substituents is 1. The summed E-state index contributed by atoms with van der Waals surface area (Å²) in [5.41, 5.74) is 4.83. The van der Waals surface area contributed by atoms with Gasteiger partial charge in [-0.05, 0) is 18.6 Å². The molecule has 11 heteroatoms. The van der Waals surface area contributed by atoms with E-state index in [0.717, 1.165) is 18.4 Å². The molecule has 1 aromatic rings. The molecule has 1 rings (SSSR count). The molecule has 0 aliphatic heterocycles. The summed E-state index contributed by atoms with van der Waals surface area (Å²) in [6, 6.07) is 3.22. The van der Waals surface area contributed by atoms with Crippen LogP contribution in [-0.4, -0.2) is 40.3 Å². The number of rotatable bonds is 7. The van der Waals surface area contributed by atoms with Gasteiger partial charge in [-0.2, -0.15) is 0 Å². The van der Waals surface area contributed by atoms with E-state index >= 15 is 0 Å². The predicted molar refractivity (Wildman–Crippen MR) is 77.0 cm³/mol. The first-order valence-corrected chi connectivity index (χ1v) is 9.28. The topological polar surface area (TPSA) is 149 Å². The maximum absolute atomic E-state index is 12.0. The molecule has 0 aliphatic carbocycles. The van der Waals surface area contributed by atoms with Crippen molar-refractivity contribution >= 4 is 31.2 Å². The second kappa shape index (κ2) is 6.37. The van der Waals surface area contributed by atoms with Gasteiger partial charge in [-0.25, -0.2) is 21.6 Å². The molecule has 9 nitrogen and oxygen atoms in total. The Balaban J connectivity index is 2.91. The lowest BCUT2D eigenvalue weighted by molar-refractivity contribution is -0.387. The van der Waals surface area contributed by atoms with Crippen LogP contribution >= 0.6 is 0 Å². The largest absolute Gasteiger partial charge is 0.399 e. The normalized spacial score (nSPS) is 12.2. The highest BCUT2D eigenvalue weighted by Gasteiger charge is 2.25. The Morgan fingerprint density at radius 2 is 1.90 bits per heavy atom. The fourth-order valence-electron chi connectivity index (χ4n) is 1.52. The zero-order chi connectivity index (χ0) is 16.3. The Hall–Kier alpha value is -1.72. The molecule has 0 saturated carbocycles. The van der Waals surface area contributed by atoms with Gasteiger partial charge in [-0.3, -0.25) is 10.1 Å². The zero-order valence-corrected chi connectivity index (χ0v) is 12.8. The van der Waals surface area contributed by atoms with E-state index in [-0.39, 0.29) is 24.4 Å². The molecule has 0 fully saturated rings. The van der Waals surface area contributed by atoms with Gasteiger partial charge in [0.2, 0.25) is 10.0 Å². The molecule has 0 radical (unpaired) electrons. The Bertz CT molecular complexity index is 742. The maximum Gasteiger partial charge on any atom is 0.291 e. The van der Waals surface area contributed by atoms with Crippen molar-refractivity contribution in [1.29, 1.82) is 0 Å². The molecule has 0 aliphatic rings. The van der Waals surface area contributed by atoms with Crippen molar-refractivity contribution in [3.8, 4) is 0 Å². The van der Waals surface area contributed by atoms with Crippen molar-refractivity contribution in [2.45, 2.75) is 11.3 Å². The zero-order valence-electron chi connectivity index (χ0n) is 11.1. The van der Waals surface area contributed by atoms with E-state index in [4.69, 9.17) is 5.73 Å². The van der Waals surface area contributed by atoms with Crippen LogP contribution in [0.3, 0.4) is 0 Å². The monoisotopic (exact) mass is 337 g/mol. The number of nitrogens with zero attached hydrogens (tertiary/aromatic N) is 1. The highest BCUT2D eigenvalue weighted by atomic mass is 32.2. The van der Waals surface area contributed by atoms with E-state index in [2.05, 4.69) is 4.72 Å². The van der Waals surface area contributed by atoms with Crippen LogP contribution in [0.4, 0.5) is 11.4 Å². The lowest BCUT2D eigenvalue weighted by Crippen LogP contribution is -2.26. The summed E-state index contributed by atoms with van der Waals surface area (Å²) in [5.74, 6) is -0.181. The summed E-state index contributed by atoms with van der Waals surface area (Å²) in [7, 11) is -7.31. The Morgan fingerprint density at radius 3 is 2.43 bits per heavy atom. The minimum Gasteiger partial charge on any atom is -0.399 e. The predicted octanol–water partition coefficient (Wildman–Crippen LogP) is -0.110. The number of hydrogen-bond acceptors (Lipinski definition) is 7. The molecule has 3 N–H and O–H groups in total. The van der Waals surface area contributed by atoms with Gasteiger partial charge in [0.05, 0.1) is 10.7 Å². The fourth-order valence-corrected chi connectivity index (χ4v) is 3.42. The summed E-state index contributed by atoms with van der Waals surface area (Å²) >= 11 is 0. The van der Waals surface area contributed by atoms with Gasteiger partial charge in [0, 0.05) is 24.6 Å². The summed E-state index contributed by atoms with van der Waals surface area (Å²) in [4.78, 5) is 9.50. The third kappa shape index (κ3) is 5.28. The van der Waals surface area contributed by atoms with Gasteiger partial charge >= 0.3 is 0 Å². The number of nitrogen functional groups attached to an aromatic ring is 1. The average Bonchev–Trinajstić information content (AvgIpc) is 2.33. The summed E-state index contributed by atoms with van der Waals surface area (Å²) in [6.07, 6.45) is 1.10. The van der Waals surface area contributed by atoms with E-state index in [0.29, 0.717) is 0 Å². The molecule has 0 heterocycles. The minimum atomic E-state index is -4.11. The number of anilines is 1. The lowest BCUT2D eigenvalue weighted by atomic mass is 10.3. The molecular weight excluding hydrogens is 322 g/mol. The molecular formula is C10H15N3O6S2. The van der Waals surface area contributed by atoms with Crippen LogP contribution < -0.4 is 10.5 Å². The van der Waals surface area contributed by atoms with Crippen LogP contribution in [-0.2, 0) is 19.9 Å². The molecule has 118 valence electrons. The molecule has 0 atom stereocenters. The van der Waals surface area contributed by atoms with Gasteiger partial charge in [0.15, 0.2) is 4.90 Å². The Labute approximate surface area is 122 Å². The van der Waals surface area contributed by atoms with Crippen LogP contribution in [0.15, 0.2) is 23.1 Å². The van der Waals surface area contributed by atoms with Crippen LogP contribution in [0.2, 0.25) is 0 Å². The van der Waals surface area contributed by atoms with Crippen molar-refractivity contribution in [2.75, 3.05) is 24.3 Å². The van der Waals surface area contributed by atoms with Crippen LogP contribution in [0.1, 0.15) is 6.42 Å². The van der Waals surface area contributed by atoms with Gasteiger partial charge in [0.1, 0.15) is 9.84 Å². The lowest BCUT2D eigenvalue weighted by Gasteiger charge is -2.07. The van der Waals surface area contributed by atoms with E-state index in [1.165, 1.54) is 6.07 Å². The number of sulfone groups is 1. The Kier molecular flexibility index (Phi) is 5.25. The first-order chi connectivity index (χ1) is 9.53. The number of nitro groups is 1. The molecule has 21 heavy (non-hydrogen) atoms. The van der Waals surface area contributed by atoms with Crippen LogP contribution in [0, 0.1) is 10.1 Å². The van der Waals surface area contributed by atoms with Crippen LogP contribution in [0.25, 0.3) is 0 Å². The van der Waals surface area contributed by atoms with E-state index in [9.17, 15) is 26.9 Å². The number of hydrogen-bond donors (Lipinski definition) is 2. The molecule has 1 aromatic carbocycles. The van der Waals surface area contributed by atoms with Gasteiger partial charge in [0.25, 0.3) is 5.69 Å². The fraction of sp³-hybridized carbons (Fsp3) is 0.400. The molecule has 0 bridgehead atoms. The van der Waals surface area contributed by atoms with Gasteiger partial charge in [-0.1, -0.05) is 0 Å². The van der Waals surface area contributed by atoms with Crippen molar-refractivity contribution in [3.63, 3.8) is 0 Å². The number of sulfonamides is 1. The summed E-state index contributed by atoms with van der Waals surface area (Å²) in [6.45, 7) is -0.142. The van der Waals surface area contributed by atoms with Gasteiger partial charge < -0.3 is 5.73 Å². The van der Waals surface area contributed by atoms with Crippen molar-refractivity contribution in [3.05, 3.63) is 28.3 Å². The average molecular weight is 337 g/mol. The molecule has 0 saturated heterocycles.